The molecule has 0 aliphatic carbocycles. The fourth-order valence-corrected chi connectivity index (χ4v) is 0.720. The van der Waals surface area contributed by atoms with Gasteiger partial charge in [-0.2, -0.15) is 0 Å². The fourth-order valence-electron chi connectivity index (χ4n) is 0.720. The van der Waals surface area contributed by atoms with Crippen LogP contribution in [0.5, 0.6) is 0 Å². The second-order valence-electron chi connectivity index (χ2n) is 2.31. The van der Waals surface area contributed by atoms with E-state index in [0.29, 0.717) is 6.04 Å². The van der Waals surface area contributed by atoms with Crippen molar-refractivity contribution in [2.45, 2.75) is 19.9 Å². The number of amides is 2. The van der Waals surface area contributed by atoms with Crippen molar-refractivity contribution in [2.75, 3.05) is 0 Å². The van der Waals surface area contributed by atoms with E-state index in [1.54, 1.807) is 13.8 Å². The first-order valence-corrected chi connectivity index (χ1v) is 3.06. The summed E-state index contributed by atoms with van der Waals surface area (Å²) in [4.78, 5) is 21.6. The van der Waals surface area contributed by atoms with Crippen molar-refractivity contribution in [3.05, 3.63) is 6.04 Å². The maximum Gasteiger partial charge on any atom is 0.249 e. The highest BCUT2D eigenvalue weighted by Gasteiger charge is 2.27. The summed E-state index contributed by atoms with van der Waals surface area (Å²) < 4.78 is 0. The number of piperazine rings is 1. The Bertz CT molecular complexity index is 159. The summed E-state index contributed by atoms with van der Waals surface area (Å²) in [7, 11) is 0. The summed E-state index contributed by atoms with van der Waals surface area (Å²) in [5, 5.41) is 4.94. The average Bonchev–Trinajstić information content (AvgIpc) is 1.84. The van der Waals surface area contributed by atoms with Gasteiger partial charge in [0.2, 0.25) is 11.8 Å². The molecule has 1 fully saturated rings. The normalized spacial score (nSPS) is 27.6. The van der Waals surface area contributed by atoms with Crippen LogP contribution in [0.2, 0.25) is 0 Å². The summed E-state index contributed by atoms with van der Waals surface area (Å²) in [6, 6.07) is -0.0423. The van der Waals surface area contributed by atoms with E-state index in [9.17, 15) is 9.59 Å². The molecule has 0 bridgehead atoms. The van der Waals surface area contributed by atoms with E-state index in [1.807, 2.05) is 0 Å². The highest BCUT2D eigenvalue weighted by Crippen LogP contribution is 2.00. The number of hydrogen-bond acceptors (Lipinski definition) is 2. The molecular formula is C6H9N2O2. The van der Waals surface area contributed by atoms with E-state index in [2.05, 4.69) is 10.6 Å². The molecule has 4 nitrogen and oxygen atoms in total. The Hall–Kier alpha value is -1.06. The Morgan fingerprint density at radius 1 is 1.40 bits per heavy atom. The predicted octanol–water partition coefficient (Wildman–Crippen LogP) is -0.827. The van der Waals surface area contributed by atoms with Gasteiger partial charge >= 0.3 is 0 Å². The minimum absolute atomic E-state index is 0.155. The molecular weight excluding hydrogens is 132 g/mol. The molecule has 4 heteroatoms. The zero-order valence-corrected chi connectivity index (χ0v) is 5.89. The quantitative estimate of drug-likeness (QED) is 0.462. The fraction of sp³-hybridized carbons (Fsp3) is 0.500. The number of rotatable bonds is 0. The van der Waals surface area contributed by atoms with Crippen LogP contribution in [0.1, 0.15) is 13.8 Å². The molecule has 10 heavy (non-hydrogen) atoms. The summed E-state index contributed by atoms with van der Waals surface area (Å²) in [5.41, 5.74) is 0. The highest BCUT2D eigenvalue weighted by molar-refractivity contribution is 6.01. The molecule has 1 atom stereocenters. The molecule has 2 amide bonds. The van der Waals surface area contributed by atoms with Crippen LogP contribution < -0.4 is 10.6 Å². The van der Waals surface area contributed by atoms with Gasteiger partial charge in [-0.3, -0.25) is 9.59 Å². The van der Waals surface area contributed by atoms with Crippen LogP contribution >= 0.6 is 0 Å². The van der Waals surface area contributed by atoms with E-state index < -0.39 is 6.04 Å². The second-order valence-corrected chi connectivity index (χ2v) is 2.31. The third-order valence-corrected chi connectivity index (χ3v) is 1.39. The van der Waals surface area contributed by atoms with Crippen LogP contribution in [0.4, 0.5) is 0 Å². The minimum Gasteiger partial charge on any atom is -0.342 e. The largest absolute Gasteiger partial charge is 0.342 e. The lowest BCUT2D eigenvalue weighted by molar-refractivity contribution is -0.132. The van der Waals surface area contributed by atoms with Gasteiger partial charge in [-0.1, -0.05) is 0 Å². The van der Waals surface area contributed by atoms with Gasteiger partial charge in [0, 0.05) is 0 Å². The highest BCUT2D eigenvalue weighted by atomic mass is 16.2. The maximum atomic E-state index is 10.8. The molecule has 55 valence electrons. The molecule has 1 unspecified atom stereocenters. The number of carbonyl (C=O) groups excluding carboxylic acids is 2. The molecule has 1 saturated heterocycles. The van der Waals surface area contributed by atoms with Crippen LogP contribution in [-0.2, 0) is 9.59 Å². The molecule has 0 aromatic rings. The van der Waals surface area contributed by atoms with E-state index in [0.717, 1.165) is 0 Å². The van der Waals surface area contributed by atoms with Crippen LogP contribution in [0.25, 0.3) is 0 Å². The lowest BCUT2D eigenvalue weighted by Crippen LogP contribution is -2.55. The van der Waals surface area contributed by atoms with Gasteiger partial charge in [0.1, 0.15) is 12.1 Å². The van der Waals surface area contributed by atoms with E-state index in [4.69, 9.17) is 0 Å². The number of nitrogens with one attached hydrogen (secondary N) is 2. The van der Waals surface area contributed by atoms with Crippen molar-refractivity contribution in [2.24, 2.45) is 0 Å². The molecule has 0 aromatic carbocycles. The first-order valence-electron chi connectivity index (χ1n) is 3.06. The lowest BCUT2D eigenvalue weighted by Gasteiger charge is -2.23. The minimum atomic E-state index is -0.406. The first-order chi connectivity index (χ1) is 4.61. The number of hydrogen-bond donors (Lipinski definition) is 2. The summed E-state index contributed by atoms with van der Waals surface area (Å²) in [6.45, 7) is 3.21. The van der Waals surface area contributed by atoms with Gasteiger partial charge in [-0.15, -0.1) is 0 Å². The van der Waals surface area contributed by atoms with Crippen molar-refractivity contribution >= 4 is 11.8 Å². The van der Waals surface area contributed by atoms with Crippen LogP contribution in [0.15, 0.2) is 0 Å². The van der Waals surface area contributed by atoms with Crippen molar-refractivity contribution < 1.29 is 9.59 Å². The molecule has 1 aliphatic heterocycles. The van der Waals surface area contributed by atoms with Crippen LogP contribution in [0.3, 0.4) is 0 Å². The molecule has 1 aliphatic rings. The van der Waals surface area contributed by atoms with Crippen molar-refractivity contribution in [3.8, 4) is 0 Å². The predicted molar refractivity (Wildman–Crippen MR) is 34.7 cm³/mol. The summed E-state index contributed by atoms with van der Waals surface area (Å²) in [5.74, 6) is -0.357. The molecule has 0 spiro atoms. The molecule has 1 rings (SSSR count). The van der Waals surface area contributed by atoms with Gasteiger partial charge in [0.15, 0.2) is 0 Å². The number of carbonyl (C=O) groups is 2. The molecule has 1 heterocycles. The van der Waals surface area contributed by atoms with Crippen molar-refractivity contribution in [3.63, 3.8) is 0 Å². The van der Waals surface area contributed by atoms with Gasteiger partial charge in [0.25, 0.3) is 0 Å². The Kier molecular flexibility index (Phi) is 1.61. The van der Waals surface area contributed by atoms with Gasteiger partial charge < -0.3 is 10.6 Å². The molecule has 0 saturated carbocycles. The smallest absolute Gasteiger partial charge is 0.249 e. The average molecular weight is 141 g/mol. The SMILES string of the molecule is C[C]1NC(=O)C(C)NC1=O. The van der Waals surface area contributed by atoms with Crippen molar-refractivity contribution in [1.29, 1.82) is 0 Å². The Labute approximate surface area is 59.0 Å². The lowest BCUT2D eigenvalue weighted by atomic mass is 10.2. The van der Waals surface area contributed by atoms with Crippen molar-refractivity contribution in [1.82, 2.24) is 10.6 Å². The molecule has 2 N–H and O–H groups in total. The van der Waals surface area contributed by atoms with Gasteiger partial charge in [-0.05, 0) is 13.8 Å². The maximum absolute atomic E-state index is 10.8. The third-order valence-electron chi connectivity index (χ3n) is 1.39. The monoisotopic (exact) mass is 141 g/mol. The van der Waals surface area contributed by atoms with E-state index in [1.165, 1.54) is 0 Å². The van der Waals surface area contributed by atoms with E-state index >= 15 is 0 Å². The third kappa shape index (κ3) is 1.10. The topological polar surface area (TPSA) is 58.2 Å². The van der Waals surface area contributed by atoms with Gasteiger partial charge in [0.05, 0.1) is 0 Å². The standard InChI is InChI=1S/C6H9N2O2/c1-3-5(9)8-4(2)6(10)7-3/h3H,1-2H3,(H,7,10)(H,8,9). The Morgan fingerprint density at radius 2 is 2.00 bits per heavy atom. The first kappa shape index (κ1) is 7.05. The molecule has 1 radical (unpaired) electrons. The van der Waals surface area contributed by atoms with Crippen LogP contribution in [-0.4, -0.2) is 17.9 Å². The summed E-state index contributed by atoms with van der Waals surface area (Å²) >= 11 is 0. The zero-order chi connectivity index (χ0) is 7.72. The Morgan fingerprint density at radius 3 is 2.50 bits per heavy atom. The van der Waals surface area contributed by atoms with Gasteiger partial charge in [-0.25, -0.2) is 0 Å². The molecule has 0 aromatic heterocycles. The summed E-state index contributed by atoms with van der Waals surface area (Å²) in [6.07, 6.45) is 0. The second kappa shape index (κ2) is 2.28. The van der Waals surface area contributed by atoms with Crippen LogP contribution in [0, 0.1) is 6.04 Å². The van der Waals surface area contributed by atoms with E-state index in [-0.39, 0.29) is 11.8 Å². The Balaban J connectivity index is 2.63. The zero-order valence-electron chi connectivity index (χ0n) is 5.89.